The minimum atomic E-state index is -0.319. The highest BCUT2D eigenvalue weighted by Gasteiger charge is 2.18. The molecule has 0 saturated carbocycles. The second-order valence-corrected chi connectivity index (χ2v) is 8.17. The summed E-state index contributed by atoms with van der Waals surface area (Å²) in [6, 6.07) is 14.9. The fourth-order valence-electron chi connectivity index (χ4n) is 1.61. The molecule has 0 radical (unpaired) electrons. The van der Waals surface area contributed by atoms with Crippen LogP contribution < -0.4 is 0 Å². The zero-order valence-corrected chi connectivity index (χ0v) is 12.4. The van der Waals surface area contributed by atoms with Crippen molar-refractivity contribution in [1.29, 1.82) is 0 Å². The lowest BCUT2D eigenvalue weighted by Gasteiger charge is -2.23. The van der Waals surface area contributed by atoms with Crippen LogP contribution in [0.4, 0.5) is 0 Å². The lowest BCUT2D eigenvalue weighted by atomic mass is 10.1. The van der Waals surface area contributed by atoms with Crippen LogP contribution in [-0.2, 0) is 0 Å². The van der Waals surface area contributed by atoms with E-state index in [9.17, 15) is 0 Å². The van der Waals surface area contributed by atoms with Crippen molar-refractivity contribution in [2.75, 3.05) is 6.66 Å². The first-order chi connectivity index (χ1) is 8.47. The van der Waals surface area contributed by atoms with Crippen LogP contribution >= 0.6 is 8.07 Å². The van der Waals surface area contributed by atoms with Crippen molar-refractivity contribution in [2.45, 2.75) is 25.9 Å². The molecule has 0 bridgehead atoms. The molecule has 0 spiro atoms. The van der Waals surface area contributed by atoms with Gasteiger partial charge < -0.3 is 0 Å². The average molecular weight is 257 g/mol. The zero-order chi connectivity index (χ0) is 13.2. The van der Waals surface area contributed by atoms with Crippen LogP contribution in [0.1, 0.15) is 26.3 Å². The van der Waals surface area contributed by atoms with Crippen molar-refractivity contribution in [3.05, 3.63) is 48.0 Å². The van der Waals surface area contributed by atoms with Crippen molar-refractivity contribution >= 4 is 25.1 Å². The van der Waals surface area contributed by atoms with E-state index in [2.05, 4.69) is 69.9 Å². The minimum Gasteiger partial charge on any atom is -0.269 e. The average Bonchev–Trinajstić information content (AvgIpc) is 2.34. The van der Waals surface area contributed by atoms with Crippen molar-refractivity contribution in [3.8, 4) is 0 Å². The van der Waals surface area contributed by atoms with Crippen LogP contribution in [0.25, 0.3) is 10.8 Å². The molecule has 18 heavy (non-hydrogen) atoms. The van der Waals surface area contributed by atoms with Gasteiger partial charge in [0, 0.05) is 19.4 Å². The predicted octanol–water partition coefficient (Wildman–Crippen LogP) is 5.08. The van der Waals surface area contributed by atoms with Gasteiger partial charge >= 0.3 is 0 Å². The Morgan fingerprint density at radius 1 is 1.00 bits per heavy atom. The molecule has 0 heterocycles. The number of hydrogen-bond acceptors (Lipinski definition) is 1. The maximum absolute atomic E-state index is 4.71. The van der Waals surface area contributed by atoms with E-state index in [1.165, 1.54) is 16.3 Å². The molecule has 1 unspecified atom stereocenters. The summed E-state index contributed by atoms with van der Waals surface area (Å²) >= 11 is 0. The summed E-state index contributed by atoms with van der Waals surface area (Å²) in [7, 11) is -0.319. The molecule has 2 rings (SSSR count). The van der Waals surface area contributed by atoms with Gasteiger partial charge in [-0.05, 0) is 29.1 Å². The largest absolute Gasteiger partial charge is 0.269 e. The van der Waals surface area contributed by atoms with Crippen molar-refractivity contribution < 1.29 is 0 Å². The van der Waals surface area contributed by atoms with Gasteiger partial charge in [-0.2, -0.15) is 0 Å². The Hall–Kier alpha value is -1.20. The summed E-state index contributed by atoms with van der Waals surface area (Å²) in [5, 5.41) is 2.84. The van der Waals surface area contributed by atoms with E-state index < -0.39 is 0 Å². The highest BCUT2D eigenvalue weighted by atomic mass is 31.1. The number of benzene rings is 2. The van der Waals surface area contributed by atoms with E-state index >= 15 is 0 Å². The van der Waals surface area contributed by atoms with Crippen LogP contribution in [0.2, 0.25) is 0 Å². The van der Waals surface area contributed by atoms with E-state index in [-0.39, 0.29) is 13.2 Å². The number of hydrogen-bond donors (Lipinski definition) is 0. The topological polar surface area (TPSA) is 12.4 Å². The molecule has 2 aromatic carbocycles. The lowest BCUT2D eigenvalue weighted by Crippen LogP contribution is -2.08. The molecule has 0 saturated heterocycles. The number of nitrogens with zero attached hydrogens (tertiary/aromatic N) is 1. The van der Waals surface area contributed by atoms with Crippen LogP contribution in [0, 0.1) is 0 Å². The van der Waals surface area contributed by atoms with E-state index in [0.29, 0.717) is 0 Å². The smallest absolute Gasteiger partial charge is 0.0329 e. The third-order valence-electron chi connectivity index (χ3n) is 3.12. The third kappa shape index (κ3) is 3.17. The number of fused-ring (bicyclic) bond motifs is 1. The summed E-state index contributed by atoms with van der Waals surface area (Å²) < 4.78 is 4.71. The molecule has 0 aromatic heterocycles. The SMILES string of the molecule is CP(/N=C/c1ccc2ccccc2c1)C(C)(C)C. The van der Waals surface area contributed by atoms with Gasteiger partial charge in [0.1, 0.15) is 0 Å². The molecule has 1 atom stereocenters. The third-order valence-corrected chi connectivity index (χ3v) is 5.53. The minimum absolute atomic E-state index is 0.280. The highest BCUT2D eigenvalue weighted by Crippen LogP contribution is 2.46. The van der Waals surface area contributed by atoms with E-state index in [4.69, 9.17) is 4.76 Å². The number of rotatable bonds is 2. The van der Waals surface area contributed by atoms with Gasteiger partial charge in [0.2, 0.25) is 0 Å². The summed E-state index contributed by atoms with van der Waals surface area (Å²) in [5.41, 5.74) is 1.19. The molecular formula is C16H20NP. The van der Waals surface area contributed by atoms with E-state index in [1.807, 2.05) is 6.21 Å². The Labute approximate surface area is 111 Å². The van der Waals surface area contributed by atoms with Gasteiger partial charge in [-0.15, -0.1) is 0 Å². The first-order valence-electron chi connectivity index (χ1n) is 6.23. The normalized spacial score (nSPS) is 14.2. The molecule has 0 aliphatic carbocycles. The van der Waals surface area contributed by atoms with Gasteiger partial charge in [0.25, 0.3) is 0 Å². The molecular weight excluding hydrogens is 237 g/mol. The highest BCUT2D eigenvalue weighted by molar-refractivity contribution is 7.57. The van der Waals surface area contributed by atoms with Crippen LogP contribution in [-0.4, -0.2) is 18.0 Å². The Bertz CT molecular complexity index is 567. The molecule has 0 aliphatic rings. The van der Waals surface area contributed by atoms with Gasteiger partial charge in [-0.3, -0.25) is 4.76 Å². The van der Waals surface area contributed by atoms with Crippen LogP contribution in [0.3, 0.4) is 0 Å². The summed E-state index contributed by atoms with van der Waals surface area (Å²) in [6.45, 7) is 8.97. The van der Waals surface area contributed by atoms with Gasteiger partial charge in [0.15, 0.2) is 0 Å². The van der Waals surface area contributed by atoms with Crippen molar-refractivity contribution in [1.82, 2.24) is 0 Å². The van der Waals surface area contributed by atoms with E-state index in [0.717, 1.165) is 0 Å². The van der Waals surface area contributed by atoms with Crippen molar-refractivity contribution in [2.24, 2.45) is 4.76 Å². The zero-order valence-electron chi connectivity index (χ0n) is 11.5. The fraction of sp³-hybridized carbons (Fsp3) is 0.312. The molecule has 1 nitrogen and oxygen atoms in total. The summed E-state index contributed by atoms with van der Waals surface area (Å²) in [5.74, 6) is 0. The molecule has 0 amide bonds. The van der Waals surface area contributed by atoms with Crippen LogP contribution in [0.15, 0.2) is 47.2 Å². The summed E-state index contributed by atoms with van der Waals surface area (Å²) in [4.78, 5) is 0. The maximum atomic E-state index is 4.71. The first-order valence-corrected chi connectivity index (χ1v) is 7.97. The quantitative estimate of drug-likeness (QED) is 0.525. The van der Waals surface area contributed by atoms with Gasteiger partial charge in [-0.1, -0.05) is 57.2 Å². The predicted molar refractivity (Wildman–Crippen MR) is 84.1 cm³/mol. The Kier molecular flexibility index (Phi) is 3.82. The monoisotopic (exact) mass is 257 g/mol. The first kappa shape index (κ1) is 13.2. The van der Waals surface area contributed by atoms with Gasteiger partial charge in [0.05, 0.1) is 0 Å². The van der Waals surface area contributed by atoms with Gasteiger partial charge in [-0.25, -0.2) is 0 Å². The van der Waals surface area contributed by atoms with Crippen LogP contribution in [0.5, 0.6) is 0 Å². The second kappa shape index (κ2) is 5.20. The Morgan fingerprint density at radius 3 is 2.33 bits per heavy atom. The fourth-order valence-corrected chi connectivity index (χ4v) is 2.27. The lowest BCUT2D eigenvalue weighted by molar-refractivity contribution is 0.785. The molecule has 0 N–H and O–H groups in total. The summed E-state index contributed by atoms with van der Waals surface area (Å²) in [6.07, 6.45) is 2.02. The molecule has 0 fully saturated rings. The molecule has 2 heteroatoms. The van der Waals surface area contributed by atoms with E-state index in [1.54, 1.807) is 0 Å². The molecule has 0 aliphatic heterocycles. The van der Waals surface area contributed by atoms with Crippen molar-refractivity contribution in [3.63, 3.8) is 0 Å². The Balaban J connectivity index is 2.25. The standard InChI is InChI=1S/C16H20NP/c1-16(2,3)18(4)17-12-13-9-10-14-7-5-6-8-15(14)11-13/h5-12H,1-4H3/b17-12+. The molecule has 2 aromatic rings. The molecule has 94 valence electrons. The second-order valence-electron chi connectivity index (χ2n) is 5.55. The maximum Gasteiger partial charge on any atom is 0.0329 e. The Morgan fingerprint density at radius 2 is 1.67 bits per heavy atom.